The van der Waals surface area contributed by atoms with Crippen molar-refractivity contribution in [3.63, 3.8) is 0 Å². The number of hydrogen-bond donors (Lipinski definition) is 1. The zero-order valence-electron chi connectivity index (χ0n) is 11.7. The Morgan fingerprint density at radius 1 is 0.632 bits per heavy atom. The van der Waals surface area contributed by atoms with Gasteiger partial charge in [0, 0.05) is 0 Å². The van der Waals surface area contributed by atoms with Crippen LogP contribution in [0.1, 0.15) is 20.8 Å². The van der Waals surface area contributed by atoms with Gasteiger partial charge in [-0.3, -0.25) is 0 Å². The van der Waals surface area contributed by atoms with Crippen LogP contribution in [0.15, 0.2) is 60.7 Å². The molecule has 3 aromatic rings. The number of aliphatic hydroxyl groups is 1. The second-order valence-corrected chi connectivity index (χ2v) is 5.72. The quantitative estimate of drug-likeness (QED) is 0.571. The number of benzene rings is 3. The molecule has 0 aliphatic rings. The van der Waals surface area contributed by atoms with Crippen molar-refractivity contribution in [2.75, 3.05) is 0 Å². The Labute approximate surface area is 114 Å². The highest BCUT2D eigenvalue weighted by Gasteiger charge is 1.98. The molecule has 0 aromatic heterocycles. The first kappa shape index (κ1) is 13.6. The Morgan fingerprint density at radius 2 is 0.842 bits per heavy atom. The van der Waals surface area contributed by atoms with Crippen molar-refractivity contribution in [2.45, 2.75) is 26.4 Å². The van der Waals surface area contributed by atoms with Crippen LogP contribution >= 0.6 is 0 Å². The van der Waals surface area contributed by atoms with Crippen LogP contribution in [0.3, 0.4) is 0 Å². The third-order valence-corrected chi connectivity index (χ3v) is 2.61. The fraction of sp³-hybridized carbons (Fsp3) is 0.222. The summed E-state index contributed by atoms with van der Waals surface area (Å²) in [5, 5.41) is 13.8. The summed E-state index contributed by atoms with van der Waals surface area (Å²) in [7, 11) is 0. The lowest BCUT2D eigenvalue weighted by Gasteiger charge is -2.04. The van der Waals surface area contributed by atoms with Crippen LogP contribution in [0.5, 0.6) is 0 Å². The van der Waals surface area contributed by atoms with E-state index in [0.29, 0.717) is 0 Å². The molecule has 3 aromatic carbocycles. The van der Waals surface area contributed by atoms with Crippen molar-refractivity contribution in [1.82, 2.24) is 0 Å². The third kappa shape index (κ3) is 4.08. The van der Waals surface area contributed by atoms with E-state index in [9.17, 15) is 0 Å². The van der Waals surface area contributed by atoms with Gasteiger partial charge < -0.3 is 5.11 Å². The molecule has 0 spiro atoms. The van der Waals surface area contributed by atoms with Gasteiger partial charge in [-0.05, 0) is 54.4 Å². The van der Waals surface area contributed by atoms with Crippen LogP contribution < -0.4 is 0 Å². The van der Waals surface area contributed by atoms with Gasteiger partial charge in [0.1, 0.15) is 0 Å². The summed E-state index contributed by atoms with van der Waals surface area (Å²) in [5.41, 5.74) is -0.500. The van der Waals surface area contributed by atoms with Gasteiger partial charge in [0.05, 0.1) is 5.60 Å². The van der Waals surface area contributed by atoms with Gasteiger partial charge >= 0.3 is 0 Å². The smallest absolute Gasteiger partial charge is 0.0563 e. The number of fused-ring (bicyclic) bond motifs is 2. The normalized spacial score (nSPS) is 11.2. The molecule has 0 saturated carbocycles. The summed E-state index contributed by atoms with van der Waals surface area (Å²) >= 11 is 0. The zero-order chi connectivity index (χ0) is 13.9. The Bertz CT molecular complexity index is 567. The lowest BCUT2D eigenvalue weighted by atomic mass is 10.0. The van der Waals surface area contributed by atoms with E-state index in [-0.39, 0.29) is 0 Å². The fourth-order valence-electron chi connectivity index (χ4n) is 1.88. The Morgan fingerprint density at radius 3 is 1.05 bits per heavy atom. The lowest BCUT2D eigenvalue weighted by molar-refractivity contribution is 0.102. The van der Waals surface area contributed by atoms with Crippen molar-refractivity contribution < 1.29 is 5.11 Å². The van der Waals surface area contributed by atoms with Gasteiger partial charge in [-0.25, -0.2) is 0 Å². The van der Waals surface area contributed by atoms with Gasteiger partial charge in [0.2, 0.25) is 0 Å². The Hall–Kier alpha value is -1.86. The van der Waals surface area contributed by atoms with E-state index < -0.39 is 5.60 Å². The molecule has 1 heteroatoms. The maximum atomic E-state index is 8.52. The molecule has 0 atom stereocenters. The first-order valence-electron chi connectivity index (χ1n) is 6.53. The van der Waals surface area contributed by atoms with Gasteiger partial charge in [-0.1, -0.05) is 48.5 Å². The molecule has 1 N–H and O–H groups in total. The van der Waals surface area contributed by atoms with Crippen LogP contribution in [-0.4, -0.2) is 10.7 Å². The molecule has 19 heavy (non-hydrogen) atoms. The topological polar surface area (TPSA) is 20.2 Å². The molecule has 98 valence electrons. The first-order chi connectivity index (χ1) is 8.93. The van der Waals surface area contributed by atoms with Crippen molar-refractivity contribution >= 4 is 21.5 Å². The monoisotopic (exact) mass is 252 g/mol. The molecule has 0 aliphatic carbocycles. The molecule has 3 rings (SSSR count). The predicted molar refractivity (Wildman–Crippen MR) is 83.4 cm³/mol. The summed E-state index contributed by atoms with van der Waals surface area (Å²) in [5.74, 6) is 0. The van der Waals surface area contributed by atoms with E-state index in [2.05, 4.69) is 60.7 Å². The molecule has 0 radical (unpaired) electrons. The minimum atomic E-state index is -0.500. The van der Waals surface area contributed by atoms with Crippen molar-refractivity contribution in [3.8, 4) is 0 Å². The molecule has 0 heterocycles. The maximum absolute atomic E-state index is 8.52. The summed E-state index contributed by atoms with van der Waals surface area (Å²) in [6.07, 6.45) is 0. The van der Waals surface area contributed by atoms with Gasteiger partial charge in [-0.2, -0.15) is 0 Å². The van der Waals surface area contributed by atoms with Gasteiger partial charge in [0.15, 0.2) is 0 Å². The number of rotatable bonds is 0. The maximum Gasteiger partial charge on any atom is 0.0563 e. The lowest BCUT2D eigenvalue weighted by Crippen LogP contribution is -2.10. The van der Waals surface area contributed by atoms with E-state index in [4.69, 9.17) is 5.11 Å². The molecular weight excluding hydrogens is 232 g/mol. The highest BCUT2D eigenvalue weighted by Crippen LogP contribution is 2.21. The zero-order valence-corrected chi connectivity index (χ0v) is 11.7. The average molecular weight is 252 g/mol. The summed E-state index contributed by atoms with van der Waals surface area (Å²) < 4.78 is 0. The first-order valence-corrected chi connectivity index (χ1v) is 6.53. The molecule has 0 aliphatic heterocycles. The molecule has 0 saturated heterocycles. The Kier molecular flexibility index (Phi) is 3.87. The van der Waals surface area contributed by atoms with Crippen molar-refractivity contribution in [2.24, 2.45) is 0 Å². The van der Waals surface area contributed by atoms with E-state index in [1.54, 1.807) is 20.8 Å². The predicted octanol–water partition coefficient (Wildman–Crippen LogP) is 4.77. The van der Waals surface area contributed by atoms with E-state index >= 15 is 0 Å². The van der Waals surface area contributed by atoms with Crippen molar-refractivity contribution in [3.05, 3.63) is 60.7 Å². The molecule has 0 fully saturated rings. The van der Waals surface area contributed by atoms with E-state index in [1.165, 1.54) is 21.5 Å². The molecule has 1 nitrogen and oxygen atoms in total. The molecular formula is C18H20O. The second-order valence-electron chi connectivity index (χ2n) is 5.72. The van der Waals surface area contributed by atoms with Crippen molar-refractivity contribution in [1.29, 1.82) is 0 Å². The summed E-state index contributed by atoms with van der Waals surface area (Å²) in [6, 6.07) is 21.4. The minimum absolute atomic E-state index is 0.500. The largest absolute Gasteiger partial charge is 0.391 e. The van der Waals surface area contributed by atoms with E-state index in [1.807, 2.05) is 0 Å². The highest BCUT2D eigenvalue weighted by atomic mass is 16.3. The average Bonchev–Trinajstić information content (AvgIpc) is 2.34. The summed E-state index contributed by atoms with van der Waals surface area (Å²) in [6.45, 7) is 5.23. The highest BCUT2D eigenvalue weighted by molar-refractivity contribution is 5.98. The van der Waals surface area contributed by atoms with Crippen LogP contribution in [0, 0.1) is 0 Å². The van der Waals surface area contributed by atoms with Crippen LogP contribution in [-0.2, 0) is 0 Å². The minimum Gasteiger partial charge on any atom is -0.391 e. The van der Waals surface area contributed by atoms with Crippen LogP contribution in [0.25, 0.3) is 21.5 Å². The SMILES string of the molecule is CC(C)(C)O.c1ccc2cc3ccccc3cc2c1. The molecule has 0 amide bonds. The van der Waals surface area contributed by atoms with Gasteiger partial charge in [-0.15, -0.1) is 0 Å². The van der Waals surface area contributed by atoms with Gasteiger partial charge in [0.25, 0.3) is 0 Å². The fourth-order valence-corrected chi connectivity index (χ4v) is 1.88. The third-order valence-electron chi connectivity index (χ3n) is 2.61. The Balaban J connectivity index is 0.000000232. The summed E-state index contributed by atoms with van der Waals surface area (Å²) in [4.78, 5) is 0. The number of hydrogen-bond acceptors (Lipinski definition) is 1. The van der Waals surface area contributed by atoms with Crippen LogP contribution in [0.4, 0.5) is 0 Å². The molecule has 0 unspecified atom stereocenters. The molecule has 0 bridgehead atoms. The van der Waals surface area contributed by atoms with E-state index in [0.717, 1.165) is 0 Å². The second kappa shape index (κ2) is 5.41. The van der Waals surface area contributed by atoms with Crippen LogP contribution in [0.2, 0.25) is 0 Å². The standard InChI is InChI=1S/C14H10.C4H10O/c1-2-6-12-10-14-8-4-3-7-13(14)9-11(12)5-1;1-4(2,3)5/h1-10H;5H,1-3H3.